The van der Waals surface area contributed by atoms with Crippen LogP contribution in [0.5, 0.6) is 5.75 Å². The van der Waals surface area contributed by atoms with Crippen LogP contribution in [0.15, 0.2) is 90.1 Å². The maximum atomic E-state index is 13.9. The number of nitrogens with zero attached hydrogens (tertiary/aromatic N) is 3. The van der Waals surface area contributed by atoms with Crippen LogP contribution in [0.4, 0.5) is 10.8 Å². The largest absolute Gasteiger partial charge is 0.497 e. The molecule has 3 aromatic carbocycles. The Labute approximate surface area is 205 Å². The lowest BCUT2D eigenvalue weighted by atomic mass is 10.2. The fourth-order valence-corrected chi connectivity index (χ4v) is 6.24. The predicted molar refractivity (Wildman–Crippen MR) is 138 cm³/mol. The van der Waals surface area contributed by atoms with E-state index in [1.165, 1.54) is 24.5 Å². The van der Waals surface area contributed by atoms with Gasteiger partial charge in [0.2, 0.25) is 5.91 Å². The van der Waals surface area contributed by atoms with E-state index in [0.717, 1.165) is 14.5 Å². The molecule has 0 spiro atoms. The second-order valence-corrected chi connectivity index (χ2v) is 10.5. The molecule has 0 bridgehead atoms. The topological polar surface area (TPSA) is 101 Å². The number of hydrogen-bond acceptors (Lipinski definition) is 7. The predicted octanol–water partition coefficient (Wildman–Crippen LogP) is 4.69. The first kappa shape index (κ1) is 22.8. The number of para-hydroxylation sites is 1. The number of benzene rings is 3. The van der Waals surface area contributed by atoms with E-state index in [1.54, 1.807) is 54.9 Å². The van der Waals surface area contributed by atoms with Gasteiger partial charge in [0.15, 0.2) is 5.13 Å². The van der Waals surface area contributed by atoms with Gasteiger partial charge in [-0.15, -0.1) is 0 Å². The van der Waals surface area contributed by atoms with Crippen LogP contribution in [0.3, 0.4) is 0 Å². The summed E-state index contributed by atoms with van der Waals surface area (Å²) in [6, 6.07) is 20.7. The van der Waals surface area contributed by atoms with E-state index < -0.39 is 22.5 Å². The molecular weight excluding hydrogens is 484 g/mol. The van der Waals surface area contributed by atoms with E-state index in [1.807, 2.05) is 24.3 Å². The minimum atomic E-state index is -4.13. The zero-order valence-electron chi connectivity index (χ0n) is 18.6. The van der Waals surface area contributed by atoms with E-state index in [2.05, 4.69) is 15.3 Å². The second kappa shape index (κ2) is 9.32. The number of carbonyl (C=O) groups is 1. The molecular formula is C25H20N4O4S2. The van der Waals surface area contributed by atoms with Crippen molar-refractivity contribution in [1.29, 1.82) is 0 Å². The summed E-state index contributed by atoms with van der Waals surface area (Å²) in [5, 5.41) is 4.35. The molecule has 0 fully saturated rings. The van der Waals surface area contributed by atoms with E-state index in [9.17, 15) is 13.2 Å². The van der Waals surface area contributed by atoms with Gasteiger partial charge in [0.25, 0.3) is 10.0 Å². The number of thiazole rings is 1. The fraction of sp³-hybridized carbons (Fsp3) is 0.0800. The second-order valence-electron chi connectivity index (χ2n) is 7.60. The van der Waals surface area contributed by atoms with Gasteiger partial charge in [0.05, 0.1) is 27.9 Å². The molecule has 0 aliphatic carbocycles. The number of fused-ring (bicyclic) bond motifs is 2. The molecule has 2 aromatic heterocycles. The Morgan fingerprint density at radius 3 is 2.60 bits per heavy atom. The molecule has 0 aliphatic heterocycles. The van der Waals surface area contributed by atoms with Crippen molar-refractivity contribution in [2.24, 2.45) is 0 Å². The van der Waals surface area contributed by atoms with Gasteiger partial charge in [-0.2, -0.15) is 0 Å². The molecule has 0 radical (unpaired) electrons. The van der Waals surface area contributed by atoms with Gasteiger partial charge >= 0.3 is 0 Å². The maximum absolute atomic E-state index is 13.9. The molecule has 0 saturated carbocycles. The Kier molecular flexibility index (Phi) is 6.06. The Morgan fingerprint density at radius 1 is 1.03 bits per heavy atom. The molecule has 5 rings (SSSR count). The number of nitrogens with one attached hydrogen (secondary N) is 1. The lowest BCUT2D eigenvalue weighted by Crippen LogP contribution is -2.38. The lowest BCUT2D eigenvalue weighted by molar-refractivity contribution is -0.114. The highest BCUT2D eigenvalue weighted by Gasteiger charge is 2.29. The van der Waals surface area contributed by atoms with Crippen LogP contribution < -0.4 is 14.4 Å². The van der Waals surface area contributed by atoms with Crippen molar-refractivity contribution < 1.29 is 17.9 Å². The standard InChI is InChI=1S/C25H20N4O4S2/c1-33-19-11-9-18(10-12-19)29(16-24(30)28-25-27-21-6-2-3-7-22(21)34-25)35(31,32)23-8-4-5-17-15-26-14-13-20(17)23/h2-15H,16H2,1H3,(H,27,28,30). The van der Waals surface area contributed by atoms with E-state index in [-0.39, 0.29) is 4.90 Å². The van der Waals surface area contributed by atoms with E-state index in [0.29, 0.717) is 27.3 Å². The summed E-state index contributed by atoms with van der Waals surface area (Å²) >= 11 is 1.32. The Balaban J connectivity index is 1.52. The average molecular weight is 505 g/mol. The van der Waals surface area contributed by atoms with Crippen LogP contribution in [0.1, 0.15) is 0 Å². The SMILES string of the molecule is COc1ccc(N(CC(=O)Nc2nc3ccccc3s2)S(=O)(=O)c2cccc3cnccc23)cc1. The van der Waals surface area contributed by atoms with E-state index in [4.69, 9.17) is 4.74 Å². The third-order valence-corrected chi connectivity index (χ3v) is 8.18. The molecule has 0 aliphatic rings. The summed E-state index contributed by atoms with van der Waals surface area (Å²) in [6.07, 6.45) is 3.14. The third kappa shape index (κ3) is 4.53. The van der Waals surface area contributed by atoms with Gasteiger partial charge in [-0.1, -0.05) is 35.6 Å². The van der Waals surface area contributed by atoms with Crippen LogP contribution in [0.25, 0.3) is 21.0 Å². The monoisotopic (exact) mass is 504 g/mol. The number of aromatic nitrogens is 2. The number of ether oxygens (including phenoxy) is 1. The summed E-state index contributed by atoms with van der Waals surface area (Å²) in [5.41, 5.74) is 1.09. The van der Waals surface area contributed by atoms with Gasteiger partial charge in [-0.3, -0.25) is 14.1 Å². The molecule has 8 nitrogen and oxygen atoms in total. The summed E-state index contributed by atoms with van der Waals surface area (Å²) in [6.45, 7) is -0.438. The molecule has 176 valence electrons. The zero-order chi connectivity index (χ0) is 24.4. The molecule has 0 saturated heterocycles. The van der Waals surface area contributed by atoms with Gasteiger partial charge in [0, 0.05) is 23.2 Å². The molecule has 0 unspecified atom stereocenters. The molecule has 0 atom stereocenters. The third-order valence-electron chi connectivity index (χ3n) is 5.40. The van der Waals surface area contributed by atoms with Crippen molar-refractivity contribution in [3.63, 3.8) is 0 Å². The van der Waals surface area contributed by atoms with Gasteiger partial charge < -0.3 is 10.1 Å². The van der Waals surface area contributed by atoms with Crippen molar-refractivity contribution in [3.05, 3.63) is 85.2 Å². The van der Waals surface area contributed by atoms with Crippen LogP contribution in [-0.2, 0) is 14.8 Å². The molecule has 5 aromatic rings. The van der Waals surface area contributed by atoms with Crippen LogP contribution in [-0.4, -0.2) is 37.9 Å². The quantitative estimate of drug-likeness (QED) is 0.345. The average Bonchev–Trinajstić information content (AvgIpc) is 3.29. The number of carbonyl (C=O) groups excluding carboxylic acids is 1. The minimum absolute atomic E-state index is 0.0843. The molecule has 1 N–H and O–H groups in total. The normalized spacial score (nSPS) is 11.5. The van der Waals surface area contributed by atoms with Crippen LogP contribution >= 0.6 is 11.3 Å². The summed E-state index contributed by atoms with van der Waals surface area (Å²) in [5.74, 6) is 0.0617. The number of amides is 1. The number of sulfonamides is 1. The first-order chi connectivity index (χ1) is 17.0. The molecule has 1 amide bonds. The number of hydrogen-bond donors (Lipinski definition) is 1. The highest BCUT2D eigenvalue weighted by molar-refractivity contribution is 7.93. The lowest BCUT2D eigenvalue weighted by Gasteiger charge is -2.24. The number of anilines is 2. The van der Waals surface area contributed by atoms with Crippen LogP contribution in [0, 0.1) is 0 Å². The zero-order valence-corrected chi connectivity index (χ0v) is 20.2. The number of pyridine rings is 1. The van der Waals surface area contributed by atoms with Gasteiger partial charge in [-0.05, 0) is 48.5 Å². The van der Waals surface area contributed by atoms with Crippen molar-refractivity contribution in [2.75, 3.05) is 23.3 Å². The Bertz CT molecular complexity index is 1590. The maximum Gasteiger partial charge on any atom is 0.265 e. The Morgan fingerprint density at radius 2 is 1.83 bits per heavy atom. The van der Waals surface area contributed by atoms with Crippen molar-refractivity contribution >= 4 is 59.1 Å². The first-order valence-electron chi connectivity index (χ1n) is 10.6. The first-order valence-corrected chi connectivity index (χ1v) is 12.9. The summed E-state index contributed by atoms with van der Waals surface area (Å²) in [4.78, 5) is 21.6. The van der Waals surface area contributed by atoms with Gasteiger partial charge in [0.1, 0.15) is 12.3 Å². The van der Waals surface area contributed by atoms with Crippen LogP contribution in [0.2, 0.25) is 0 Å². The minimum Gasteiger partial charge on any atom is -0.497 e. The van der Waals surface area contributed by atoms with Crippen molar-refractivity contribution in [3.8, 4) is 5.75 Å². The highest BCUT2D eigenvalue weighted by Crippen LogP contribution is 2.30. The fourth-order valence-electron chi connectivity index (χ4n) is 3.71. The summed E-state index contributed by atoms with van der Waals surface area (Å²) in [7, 11) is -2.60. The van der Waals surface area contributed by atoms with Crippen molar-refractivity contribution in [2.45, 2.75) is 4.90 Å². The van der Waals surface area contributed by atoms with E-state index >= 15 is 0 Å². The number of methoxy groups -OCH3 is 1. The summed E-state index contributed by atoms with van der Waals surface area (Å²) < 4.78 is 35.0. The molecule has 35 heavy (non-hydrogen) atoms. The molecule has 10 heteroatoms. The highest BCUT2D eigenvalue weighted by atomic mass is 32.2. The van der Waals surface area contributed by atoms with Crippen molar-refractivity contribution in [1.82, 2.24) is 9.97 Å². The number of rotatable bonds is 7. The van der Waals surface area contributed by atoms with Gasteiger partial charge in [-0.25, -0.2) is 13.4 Å². The Hall–Kier alpha value is -4.02. The molecule has 2 heterocycles. The smallest absolute Gasteiger partial charge is 0.265 e.